The zero-order valence-corrected chi connectivity index (χ0v) is 9.70. The average Bonchev–Trinajstić information content (AvgIpc) is 2.68. The van der Waals surface area contributed by atoms with E-state index < -0.39 is 5.97 Å². The van der Waals surface area contributed by atoms with Crippen molar-refractivity contribution in [3.63, 3.8) is 0 Å². The third-order valence-electron chi connectivity index (χ3n) is 2.75. The van der Waals surface area contributed by atoms with Gasteiger partial charge in [-0.05, 0) is 24.1 Å². The molecule has 1 fully saturated rings. The van der Waals surface area contributed by atoms with E-state index >= 15 is 0 Å². The lowest BCUT2D eigenvalue weighted by molar-refractivity contribution is -0.141. The molecule has 0 radical (unpaired) electrons. The number of carboxylic acids is 1. The second kappa shape index (κ2) is 4.33. The third-order valence-corrected chi connectivity index (χ3v) is 3.28. The van der Waals surface area contributed by atoms with Crippen molar-refractivity contribution in [3.8, 4) is 0 Å². The Morgan fingerprint density at radius 1 is 1.40 bits per heavy atom. The Balaban J connectivity index is 2.07. The average molecular weight is 270 g/mol. The highest BCUT2D eigenvalue weighted by atomic mass is 79.9. The van der Waals surface area contributed by atoms with Gasteiger partial charge in [0, 0.05) is 17.1 Å². The predicted molar refractivity (Wildman–Crippen MR) is 60.6 cm³/mol. The van der Waals surface area contributed by atoms with E-state index in [1.54, 1.807) is 0 Å². The molecule has 0 aromatic heterocycles. The fourth-order valence-corrected chi connectivity index (χ4v) is 2.14. The molecule has 15 heavy (non-hydrogen) atoms. The number of nitrogens with one attached hydrogen (secondary N) is 1. The topological polar surface area (TPSA) is 49.3 Å². The van der Waals surface area contributed by atoms with E-state index in [-0.39, 0.29) is 12.0 Å². The second-order valence-corrected chi connectivity index (χ2v) is 4.70. The molecule has 0 bridgehead atoms. The molecular formula is C11H12BrNO2. The summed E-state index contributed by atoms with van der Waals surface area (Å²) in [4.78, 5) is 10.8. The summed E-state index contributed by atoms with van der Waals surface area (Å²) in [6, 6.07) is 8.17. The van der Waals surface area contributed by atoms with Crippen molar-refractivity contribution < 1.29 is 9.90 Å². The maximum Gasteiger partial charge on any atom is 0.307 e. The molecule has 4 heteroatoms. The van der Waals surface area contributed by atoms with Gasteiger partial charge in [-0.3, -0.25) is 4.79 Å². The fraction of sp³-hybridized carbons (Fsp3) is 0.364. The van der Waals surface area contributed by atoms with Crippen molar-refractivity contribution in [3.05, 3.63) is 34.3 Å². The van der Waals surface area contributed by atoms with Gasteiger partial charge in [0.05, 0.1) is 5.92 Å². The smallest absolute Gasteiger partial charge is 0.307 e. The SMILES string of the molecule is O=C(O)C1CNC(c2ccc(Br)cc2)C1. The van der Waals surface area contributed by atoms with E-state index in [4.69, 9.17) is 5.11 Å². The first-order valence-corrected chi connectivity index (χ1v) is 5.68. The van der Waals surface area contributed by atoms with Crippen LogP contribution in [0.2, 0.25) is 0 Å². The van der Waals surface area contributed by atoms with Crippen LogP contribution in [0.1, 0.15) is 18.0 Å². The van der Waals surface area contributed by atoms with Crippen molar-refractivity contribution in [2.45, 2.75) is 12.5 Å². The van der Waals surface area contributed by atoms with Gasteiger partial charge in [-0.15, -0.1) is 0 Å². The zero-order chi connectivity index (χ0) is 10.8. The molecular weight excluding hydrogens is 258 g/mol. The fourth-order valence-electron chi connectivity index (χ4n) is 1.87. The Morgan fingerprint density at radius 3 is 2.60 bits per heavy atom. The van der Waals surface area contributed by atoms with Crippen LogP contribution in [0.5, 0.6) is 0 Å². The standard InChI is InChI=1S/C11H12BrNO2/c12-9-3-1-7(2-4-9)10-5-8(6-13-10)11(14)15/h1-4,8,10,13H,5-6H2,(H,14,15). The summed E-state index contributed by atoms with van der Waals surface area (Å²) in [5.41, 5.74) is 1.15. The molecule has 2 N–H and O–H groups in total. The van der Waals surface area contributed by atoms with Gasteiger partial charge in [-0.1, -0.05) is 28.1 Å². The van der Waals surface area contributed by atoms with Crippen LogP contribution in [0.4, 0.5) is 0 Å². The second-order valence-electron chi connectivity index (χ2n) is 3.78. The Morgan fingerprint density at radius 2 is 2.07 bits per heavy atom. The van der Waals surface area contributed by atoms with Crippen molar-refractivity contribution in [1.29, 1.82) is 0 Å². The lowest BCUT2D eigenvalue weighted by Crippen LogP contribution is -2.17. The number of rotatable bonds is 2. The first-order valence-electron chi connectivity index (χ1n) is 4.88. The largest absolute Gasteiger partial charge is 0.481 e. The molecule has 80 valence electrons. The van der Waals surface area contributed by atoms with Gasteiger partial charge in [0.1, 0.15) is 0 Å². The van der Waals surface area contributed by atoms with E-state index in [1.807, 2.05) is 24.3 Å². The van der Waals surface area contributed by atoms with E-state index in [9.17, 15) is 4.79 Å². The third kappa shape index (κ3) is 2.38. The van der Waals surface area contributed by atoms with E-state index in [0.717, 1.165) is 10.0 Å². The molecule has 1 aliphatic rings. The van der Waals surface area contributed by atoms with Crippen LogP contribution in [0, 0.1) is 5.92 Å². The van der Waals surface area contributed by atoms with Gasteiger partial charge in [-0.25, -0.2) is 0 Å². The summed E-state index contributed by atoms with van der Waals surface area (Å²) < 4.78 is 1.04. The highest BCUT2D eigenvalue weighted by molar-refractivity contribution is 9.10. The monoisotopic (exact) mass is 269 g/mol. The highest BCUT2D eigenvalue weighted by Gasteiger charge is 2.29. The molecule has 2 atom stereocenters. The summed E-state index contributed by atoms with van der Waals surface area (Å²) in [5.74, 6) is -0.958. The molecule has 2 unspecified atom stereocenters. The number of hydrogen-bond acceptors (Lipinski definition) is 2. The first kappa shape index (κ1) is 10.6. The number of halogens is 1. The minimum absolute atomic E-state index is 0.180. The van der Waals surface area contributed by atoms with Crippen molar-refractivity contribution in [2.75, 3.05) is 6.54 Å². The molecule has 0 saturated carbocycles. The van der Waals surface area contributed by atoms with Crippen LogP contribution in [0.15, 0.2) is 28.7 Å². The molecule has 3 nitrogen and oxygen atoms in total. The maximum atomic E-state index is 10.8. The molecule has 1 aromatic carbocycles. The minimum Gasteiger partial charge on any atom is -0.481 e. The maximum absolute atomic E-state index is 10.8. The predicted octanol–water partition coefficient (Wildman–Crippen LogP) is 2.18. The van der Waals surface area contributed by atoms with Crippen LogP contribution >= 0.6 is 15.9 Å². The van der Waals surface area contributed by atoms with E-state index in [0.29, 0.717) is 13.0 Å². The van der Waals surface area contributed by atoms with Gasteiger partial charge in [0.15, 0.2) is 0 Å². The summed E-state index contributed by atoms with van der Waals surface area (Å²) in [5, 5.41) is 12.1. The molecule has 0 spiro atoms. The quantitative estimate of drug-likeness (QED) is 0.866. The summed E-state index contributed by atoms with van der Waals surface area (Å²) in [6.45, 7) is 0.566. The molecule has 1 saturated heterocycles. The highest BCUT2D eigenvalue weighted by Crippen LogP contribution is 2.27. The van der Waals surface area contributed by atoms with Crippen LogP contribution in [0.25, 0.3) is 0 Å². The van der Waals surface area contributed by atoms with Gasteiger partial charge in [0.25, 0.3) is 0 Å². The van der Waals surface area contributed by atoms with E-state index in [2.05, 4.69) is 21.2 Å². The Kier molecular flexibility index (Phi) is 3.07. The number of benzene rings is 1. The summed E-state index contributed by atoms with van der Waals surface area (Å²) in [7, 11) is 0. The first-order chi connectivity index (χ1) is 7.16. The molecule has 0 amide bonds. The number of aliphatic carboxylic acids is 1. The van der Waals surface area contributed by atoms with Crippen LogP contribution in [0.3, 0.4) is 0 Å². The van der Waals surface area contributed by atoms with Crippen LogP contribution in [-0.2, 0) is 4.79 Å². The van der Waals surface area contributed by atoms with Crippen molar-refractivity contribution in [2.24, 2.45) is 5.92 Å². The Bertz CT molecular complexity index is 363. The van der Waals surface area contributed by atoms with Gasteiger partial charge < -0.3 is 10.4 Å². The zero-order valence-electron chi connectivity index (χ0n) is 8.11. The van der Waals surface area contributed by atoms with Crippen LogP contribution < -0.4 is 5.32 Å². The number of carboxylic acid groups (broad SMARTS) is 1. The molecule has 2 rings (SSSR count). The van der Waals surface area contributed by atoms with Gasteiger partial charge in [-0.2, -0.15) is 0 Å². The Labute approximate surface area is 96.6 Å². The van der Waals surface area contributed by atoms with Gasteiger partial charge in [0.2, 0.25) is 0 Å². The van der Waals surface area contributed by atoms with Gasteiger partial charge >= 0.3 is 5.97 Å². The number of carbonyl (C=O) groups is 1. The summed E-state index contributed by atoms with van der Waals surface area (Å²) >= 11 is 3.37. The normalized spacial score (nSPS) is 25.4. The van der Waals surface area contributed by atoms with Crippen LogP contribution in [-0.4, -0.2) is 17.6 Å². The minimum atomic E-state index is -0.706. The molecule has 0 aliphatic carbocycles. The van der Waals surface area contributed by atoms with Crippen molar-refractivity contribution >= 4 is 21.9 Å². The Hall–Kier alpha value is -0.870. The molecule has 1 aromatic rings. The summed E-state index contributed by atoms with van der Waals surface area (Å²) in [6.07, 6.45) is 0.678. The molecule has 1 aliphatic heterocycles. The lowest BCUT2D eigenvalue weighted by Gasteiger charge is -2.10. The lowest BCUT2D eigenvalue weighted by atomic mass is 10.0. The van der Waals surface area contributed by atoms with Crippen molar-refractivity contribution in [1.82, 2.24) is 5.32 Å². The van der Waals surface area contributed by atoms with E-state index in [1.165, 1.54) is 0 Å². The number of hydrogen-bond donors (Lipinski definition) is 2. The molecule has 1 heterocycles.